The second kappa shape index (κ2) is 6.18. The van der Waals surface area contributed by atoms with E-state index in [1.807, 2.05) is 0 Å². The Morgan fingerprint density at radius 2 is 2.10 bits per heavy atom. The van der Waals surface area contributed by atoms with Gasteiger partial charge in [0.15, 0.2) is 0 Å². The molecule has 0 aliphatic rings. The molecule has 0 aromatic heterocycles. The normalized spacial score (nSPS) is 9.85. The van der Waals surface area contributed by atoms with Crippen molar-refractivity contribution in [3.63, 3.8) is 0 Å². The lowest BCUT2D eigenvalue weighted by Crippen LogP contribution is -2.14. The fourth-order valence-corrected chi connectivity index (χ4v) is 1.94. The maximum Gasteiger partial charge on any atom is 0.228 e. The molecule has 1 N–H and O–H groups in total. The molecule has 0 unspecified atom stereocenters. The molecule has 2 aromatic rings. The van der Waals surface area contributed by atoms with Gasteiger partial charge in [-0.25, -0.2) is 4.39 Å². The number of nitrogens with one attached hydrogen (secondary N) is 1. The summed E-state index contributed by atoms with van der Waals surface area (Å²) in [5.74, 6) is -0.872. The number of hydrogen-bond acceptors (Lipinski definition) is 2. The molecule has 20 heavy (non-hydrogen) atoms. The smallest absolute Gasteiger partial charge is 0.228 e. The fraction of sp³-hybridized carbons (Fsp3) is 0.0667. The van der Waals surface area contributed by atoms with E-state index in [-0.39, 0.29) is 17.9 Å². The third kappa shape index (κ3) is 3.56. The lowest BCUT2D eigenvalue weighted by molar-refractivity contribution is -0.115. The highest BCUT2D eigenvalue weighted by molar-refractivity contribution is 6.30. The van der Waals surface area contributed by atoms with Gasteiger partial charge in [0, 0.05) is 10.7 Å². The molecule has 2 rings (SSSR count). The Hall–Kier alpha value is -2.38. The molecule has 0 spiro atoms. The van der Waals surface area contributed by atoms with Crippen LogP contribution in [0.2, 0.25) is 5.02 Å². The van der Waals surface area contributed by atoms with Crippen molar-refractivity contribution in [1.29, 1.82) is 5.26 Å². The molecule has 0 aliphatic heterocycles. The van der Waals surface area contributed by atoms with Crippen LogP contribution in [-0.4, -0.2) is 5.91 Å². The first-order chi connectivity index (χ1) is 9.58. The van der Waals surface area contributed by atoms with Crippen LogP contribution in [-0.2, 0) is 11.2 Å². The molecule has 0 radical (unpaired) electrons. The minimum Gasteiger partial charge on any atom is -0.326 e. The van der Waals surface area contributed by atoms with E-state index in [1.165, 1.54) is 12.1 Å². The SMILES string of the molecule is N#Cc1cc(NC(=O)Cc2cccc(Cl)c2)ccc1F. The number of anilines is 1. The van der Waals surface area contributed by atoms with Gasteiger partial charge in [0.2, 0.25) is 5.91 Å². The van der Waals surface area contributed by atoms with Crippen LogP contribution in [0.25, 0.3) is 0 Å². The van der Waals surface area contributed by atoms with Gasteiger partial charge in [0.25, 0.3) is 0 Å². The molecule has 0 aliphatic carbocycles. The molecule has 0 saturated carbocycles. The van der Waals surface area contributed by atoms with Gasteiger partial charge < -0.3 is 5.32 Å². The maximum absolute atomic E-state index is 13.1. The van der Waals surface area contributed by atoms with Crippen LogP contribution >= 0.6 is 11.6 Å². The van der Waals surface area contributed by atoms with Crippen molar-refractivity contribution in [3.8, 4) is 6.07 Å². The van der Waals surface area contributed by atoms with E-state index in [9.17, 15) is 9.18 Å². The van der Waals surface area contributed by atoms with Crippen molar-refractivity contribution >= 4 is 23.2 Å². The van der Waals surface area contributed by atoms with E-state index in [0.29, 0.717) is 10.7 Å². The van der Waals surface area contributed by atoms with Crippen molar-refractivity contribution in [3.05, 3.63) is 64.4 Å². The lowest BCUT2D eigenvalue weighted by Gasteiger charge is -2.06. The summed E-state index contributed by atoms with van der Waals surface area (Å²) in [5.41, 5.74) is 1.05. The number of hydrogen-bond donors (Lipinski definition) is 1. The molecular formula is C15H10ClFN2O. The van der Waals surface area contributed by atoms with Gasteiger partial charge >= 0.3 is 0 Å². The molecule has 0 saturated heterocycles. The third-order valence-electron chi connectivity index (χ3n) is 2.62. The first kappa shape index (κ1) is 14.0. The second-order valence-corrected chi connectivity index (χ2v) is 4.60. The van der Waals surface area contributed by atoms with Gasteiger partial charge in [-0.15, -0.1) is 0 Å². The largest absolute Gasteiger partial charge is 0.326 e. The van der Waals surface area contributed by atoms with Crippen molar-refractivity contribution in [2.45, 2.75) is 6.42 Å². The van der Waals surface area contributed by atoms with Crippen molar-refractivity contribution in [2.75, 3.05) is 5.32 Å². The van der Waals surface area contributed by atoms with Gasteiger partial charge in [-0.1, -0.05) is 23.7 Å². The standard InChI is InChI=1S/C15H10ClFN2O/c16-12-3-1-2-10(6-12)7-15(20)19-13-4-5-14(17)11(8-13)9-18/h1-6,8H,7H2,(H,19,20). The number of rotatable bonds is 3. The Kier molecular flexibility index (Phi) is 4.34. The molecule has 1 amide bonds. The lowest BCUT2D eigenvalue weighted by atomic mass is 10.1. The molecule has 3 nitrogen and oxygen atoms in total. The highest BCUT2D eigenvalue weighted by atomic mass is 35.5. The first-order valence-corrected chi connectivity index (χ1v) is 6.20. The zero-order valence-electron chi connectivity index (χ0n) is 10.4. The minimum absolute atomic E-state index is 0.106. The number of amides is 1. The monoisotopic (exact) mass is 288 g/mol. The molecule has 0 atom stereocenters. The predicted molar refractivity (Wildman–Crippen MR) is 74.9 cm³/mol. The summed E-state index contributed by atoms with van der Waals surface area (Å²) in [5, 5.41) is 11.9. The third-order valence-corrected chi connectivity index (χ3v) is 2.86. The maximum atomic E-state index is 13.1. The van der Waals surface area contributed by atoms with E-state index in [4.69, 9.17) is 16.9 Å². The van der Waals surface area contributed by atoms with E-state index in [1.54, 1.807) is 30.3 Å². The Labute approximate surface area is 120 Å². The number of nitriles is 1. The summed E-state index contributed by atoms with van der Waals surface area (Å²) in [4.78, 5) is 11.8. The average molecular weight is 289 g/mol. The van der Waals surface area contributed by atoms with Gasteiger partial charge in [-0.05, 0) is 35.9 Å². The van der Waals surface area contributed by atoms with E-state index in [2.05, 4.69) is 5.32 Å². The van der Waals surface area contributed by atoms with Gasteiger partial charge in [-0.3, -0.25) is 4.79 Å². The first-order valence-electron chi connectivity index (χ1n) is 5.82. The van der Waals surface area contributed by atoms with Crippen LogP contribution in [0.5, 0.6) is 0 Å². The van der Waals surface area contributed by atoms with Crippen LogP contribution in [0.1, 0.15) is 11.1 Å². The summed E-state index contributed by atoms with van der Waals surface area (Å²) < 4.78 is 13.1. The number of carbonyl (C=O) groups is 1. The molecule has 0 bridgehead atoms. The highest BCUT2D eigenvalue weighted by Crippen LogP contribution is 2.15. The highest BCUT2D eigenvalue weighted by Gasteiger charge is 2.07. The van der Waals surface area contributed by atoms with Crippen LogP contribution in [0.15, 0.2) is 42.5 Å². The fourth-order valence-electron chi connectivity index (χ4n) is 1.73. The molecular weight excluding hydrogens is 279 g/mol. The second-order valence-electron chi connectivity index (χ2n) is 4.16. The van der Waals surface area contributed by atoms with Crippen molar-refractivity contribution in [1.82, 2.24) is 0 Å². The molecule has 0 fully saturated rings. The zero-order chi connectivity index (χ0) is 14.5. The number of halogens is 2. The topological polar surface area (TPSA) is 52.9 Å². The Morgan fingerprint density at radius 1 is 1.30 bits per heavy atom. The zero-order valence-corrected chi connectivity index (χ0v) is 11.1. The van der Waals surface area contributed by atoms with Crippen LogP contribution in [0.4, 0.5) is 10.1 Å². The average Bonchev–Trinajstić information content (AvgIpc) is 2.41. The molecule has 5 heteroatoms. The van der Waals surface area contributed by atoms with Gasteiger partial charge in [0.05, 0.1) is 12.0 Å². The minimum atomic E-state index is -0.611. The van der Waals surface area contributed by atoms with Crippen LogP contribution < -0.4 is 5.32 Å². The summed E-state index contributed by atoms with van der Waals surface area (Å²) in [6, 6.07) is 12.5. The van der Waals surface area contributed by atoms with Crippen molar-refractivity contribution < 1.29 is 9.18 Å². The Morgan fingerprint density at radius 3 is 2.80 bits per heavy atom. The van der Waals surface area contributed by atoms with Crippen molar-refractivity contribution in [2.24, 2.45) is 0 Å². The van der Waals surface area contributed by atoms with Crippen LogP contribution in [0, 0.1) is 17.1 Å². The summed E-state index contributed by atoms with van der Waals surface area (Å²) in [7, 11) is 0. The number of nitrogens with zero attached hydrogens (tertiary/aromatic N) is 1. The summed E-state index contributed by atoms with van der Waals surface area (Å²) in [6.45, 7) is 0. The Bertz CT molecular complexity index is 695. The quantitative estimate of drug-likeness (QED) is 0.939. The molecule has 100 valence electrons. The molecule has 2 aromatic carbocycles. The van der Waals surface area contributed by atoms with Crippen LogP contribution in [0.3, 0.4) is 0 Å². The van der Waals surface area contributed by atoms with Gasteiger partial charge in [-0.2, -0.15) is 5.26 Å². The van der Waals surface area contributed by atoms with E-state index >= 15 is 0 Å². The number of benzene rings is 2. The molecule has 0 heterocycles. The van der Waals surface area contributed by atoms with E-state index < -0.39 is 5.82 Å². The summed E-state index contributed by atoms with van der Waals surface area (Å²) in [6.07, 6.45) is 0.153. The Balaban J connectivity index is 2.07. The van der Waals surface area contributed by atoms with Gasteiger partial charge in [0.1, 0.15) is 11.9 Å². The number of carbonyl (C=O) groups excluding carboxylic acids is 1. The summed E-state index contributed by atoms with van der Waals surface area (Å²) >= 11 is 5.84. The van der Waals surface area contributed by atoms with E-state index in [0.717, 1.165) is 11.6 Å². The predicted octanol–water partition coefficient (Wildman–Crippen LogP) is 3.53.